The number of carbonyl (C=O) groups is 1. The maximum Gasteiger partial charge on any atom is 0.251 e. The lowest BCUT2D eigenvalue weighted by molar-refractivity contribution is -0.112. The SMILES string of the molecule is C1CCOC1.CCCOc1cccc(CN2CCC(C(=O)Nc3ccc(CN(C)C4CCOCC4)cc3)=Cc3cc(-c4ccccc4OCC)ccc32)c1. The molecule has 7 rings (SSSR count). The van der Waals surface area contributed by atoms with Gasteiger partial charge in [-0.3, -0.25) is 9.69 Å². The summed E-state index contributed by atoms with van der Waals surface area (Å²) in [6.45, 7) is 11.4. The van der Waals surface area contributed by atoms with E-state index < -0.39 is 0 Å². The van der Waals surface area contributed by atoms with Crippen LogP contribution in [0.5, 0.6) is 11.5 Å². The number of nitrogens with one attached hydrogen (secondary N) is 1. The lowest BCUT2D eigenvalue weighted by Gasteiger charge is -2.31. The van der Waals surface area contributed by atoms with E-state index in [1.807, 2.05) is 43.3 Å². The van der Waals surface area contributed by atoms with Crippen molar-refractivity contribution in [3.8, 4) is 22.6 Å². The molecule has 2 fully saturated rings. The first-order valence-electron chi connectivity index (χ1n) is 19.8. The number of amides is 1. The first kappa shape index (κ1) is 39.1. The van der Waals surface area contributed by atoms with Gasteiger partial charge in [-0.1, -0.05) is 55.5 Å². The lowest BCUT2D eigenvalue weighted by atomic mass is 9.99. The van der Waals surface area contributed by atoms with E-state index in [1.54, 1.807) is 0 Å². The van der Waals surface area contributed by atoms with Crippen LogP contribution < -0.4 is 19.7 Å². The molecular weight excluding hydrogens is 675 g/mol. The van der Waals surface area contributed by atoms with Gasteiger partial charge in [0.15, 0.2) is 0 Å². The standard InChI is InChI=1S/C42H49N3O4.C4H8O/c1-4-23-49-38-10-8-9-32(26-38)30-45-22-19-34(28-35-27-33(15-18-40(35)45)39-11-6-7-12-41(39)48-5-2)42(46)43-36-16-13-31(14-17-36)29-44(3)37-20-24-47-25-21-37;1-2-4-5-3-1/h6-18,26-28,37H,4-5,19-25,29-30H2,1-3H3,(H,43,46);1-4H2. The minimum atomic E-state index is -0.0741. The predicted molar refractivity (Wildman–Crippen MR) is 219 cm³/mol. The van der Waals surface area contributed by atoms with Gasteiger partial charge in [0.25, 0.3) is 5.91 Å². The van der Waals surface area contributed by atoms with Crippen LogP contribution in [0, 0.1) is 0 Å². The van der Waals surface area contributed by atoms with Crippen LogP contribution in [0.3, 0.4) is 0 Å². The Morgan fingerprint density at radius 1 is 0.852 bits per heavy atom. The molecule has 0 spiro atoms. The Bertz CT molecular complexity index is 1810. The van der Waals surface area contributed by atoms with Gasteiger partial charge in [-0.05, 0) is 123 Å². The number of anilines is 2. The first-order chi connectivity index (χ1) is 26.5. The van der Waals surface area contributed by atoms with Crippen molar-refractivity contribution in [1.82, 2.24) is 4.90 Å². The zero-order valence-electron chi connectivity index (χ0n) is 32.4. The predicted octanol–water partition coefficient (Wildman–Crippen LogP) is 9.38. The highest BCUT2D eigenvalue weighted by Gasteiger charge is 2.22. The number of hydrogen-bond acceptors (Lipinski definition) is 7. The largest absolute Gasteiger partial charge is 0.494 e. The van der Waals surface area contributed by atoms with Gasteiger partial charge in [0.2, 0.25) is 0 Å². The quantitative estimate of drug-likeness (QED) is 0.147. The van der Waals surface area contributed by atoms with Gasteiger partial charge in [-0.25, -0.2) is 0 Å². The number of fused-ring (bicyclic) bond motifs is 1. The first-order valence-corrected chi connectivity index (χ1v) is 19.8. The average molecular weight is 732 g/mol. The fourth-order valence-electron chi connectivity index (χ4n) is 7.22. The number of para-hydroxylation sites is 1. The van der Waals surface area contributed by atoms with Gasteiger partial charge in [-0.15, -0.1) is 0 Å². The number of hydrogen-bond donors (Lipinski definition) is 1. The monoisotopic (exact) mass is 731 g/mol. The fourth-order valence-corrected chi connectivity index (χ4v) is 7.22. The lowest BCUT2D eigenvalue weighted by Crippen LogP contribution is -2.36. The second-order valence-electron chi connectivity index (χ2n) is 14.3. The highest BCUT2D eigenvalue weighted by Crippen LogP contribution is 2.37. The van der Waals surface area contributed by atoms with E-state index in [0.29, 0.717) is 38.8 Å². The molecule has 8 heteroatoms. The summed E-state index contributed by atoms with van der Waals surface area (Å²) in [7, 11) is 2.18. The Kier molecular flexibility index (Phi) is 14.6. The zero-order valence-corrected chi connectivity index (χ0v) is 32.4. The number of rotatable bonds is 13. The number of carbonyl (C=O) groups excluding carboxylic acids is 1. The molecule has 2 saturated heterocycles. The summed E-state index contributed by atoms with van der Waals surface area (Å²) >= 11 is 0. The molecule has 3 aliphatic rings. The number of benzene rings is 4. The van der Waals surface area contributed by atoms with Gasteiger partial charge in [0.1, 0.15) is 11.5 Å². The molecule has 3 heterocycles. The summed E-state index contributed by atoms with van der Waals surface area (Å²) < 4.78 is 22.4. The molecule has 0 atom stereocenters. The molecule has 0 aromatic heterocycles. The Balaban J connectivity index is 0.000000919. The third kappa shape index (κ3) is 11.0. The Labute approximate surface area is 322 Å². The van der Waals surface area contributed by atoms with Crippen molar-refractivity contribution in [1.29, 1.82) is 0 Å². The smallest absolute Gasteiger partial charge is 0.251 e. The van der Waals surface area contributed by atoms with E-state index in [0.717, 1.165) is 97.4 Å². The Hall–Kier alpha value is -4.63. The van der Waals surface area contributed by atoms with E-state index >= 15 is 0 Å². The van der Waals surface area contributed by atoms with E-state index in [4.69, 9.17) is 18.9 Å². The van der Waals surface area contributed by atoms with Crippen molar-refractivity contribution >= 4 is 23.4 Å². The molecule has 0 aliphatic carbocycles. The summed E-state index contributed by atoms with van der Waals surface area (Å²) in [5.41, 5.74) is 8.14. The van der Waals surface area contributed by atoms with Gasteiger partial charge in [0.05, 0.1) is 13.2 Å². The van der Waals surface area contributed by atoms with Crippen LogP contribution in [-0.4, -0.2) is 70.1 Å². The third-order valence-corrected chi connectivity index (χ3v) is 10.2. The molecule has 3 aliphatic heterocycles. The van der Waals surface area contributed by atoms with Crippen molar-refractivity contribution in [2.24, 2.45) is 0 Å². The topological polar surface area (TPSA) is 72.5 Å². The minimum Gasteiger partial charge on any atom is -0.494 e. The molecule has 8 nitrogen and oxygen atoms in total. The van der Waals surface area contributed by atoms with Crippen LogP contribution in [0.25, 0.3) is 17.2 Å². The summed E-state index contributed by atoms with van der Waals surface area (Å²) in [6.07, 6.45) is 8.34. The van der Waals surface area contributed by atoms with Gasteiger partial charge < -0.3 is 29.2 Å². The normalized spacial score (nSPS) is 15.8. The van der Waals surface area contributed by atoms with Gasteiger partial charge >= 0.3 is 0 Å². The third-order valence-electron chi connectivity index (χ3n) is 10.2. The molecule has 4 aromatic carbocycles. The van der Waals surface area contributed by atoms with Crippen molar-refractivity contribution in [2.45, 2.75) is 71.5 Å². The summed E-state index contributed by atoms with van der Waals surface area (Å²) in [5.74, 6) is 1.66. The molecule has 0 radical (unpaired) electrons. The maximum absolute atomic E-state index is 13.8. The van der Waals surface area contributed by atoms with Crippen molar-refractivity contribution in [2.75, 3.05) is 63.5 Å². The second kappa shape index (κ2) is 20.2. The highest BCUT2D eigenvalue weighted by molar-refractivity contribution is 6.07. The van der Waals surface area contributed by atoms with Crippen LogP contribution >= 0.6 is 0 Å². The molecule has 0 saturated carbocycles. The summed E-state index contributed by atoms with van der Waals surface area (Å²) in [4.78, 5) is 18.6. The number of nitrogens with zero attached hydrogens (tertiary/aromatic N) is 2. The van der Waals surface area contributed by atoms with E-state index in [2.05, 4.69) is 89.8 Å². The van der Waals surface area contributed by atoms with E-state index in [-0.39, 0.29) is 5.91 Å². The van der Waals surface area contributed by atoms with Gasteiger partial charge in [0, 0.05) is 74.6 Å². The van der Waals surface area contributed by atoms with Crippen molar-refractivity contribution in [3.63, 3.8) is 0 Å². The molecule has 54 heavy (non-hydrogen) atoms. The average Bonchev–Trinajstić information content (AvgIpc) is 3.75. The number of ether oxygens (including phenoxy) is 4. The molecule has 1 N–H and O–H groups in total. The van der Waals surface area contributed by atoms with Crippen molar-refractivity contribution in [3.05, 3.63) is 113 Å². The molecule has 1 amide bonds. The fraction of sp³-hybridized carbons (Fsp3) is 0.413. The van der Waals surface area contributed by atoms with E-state index in [1.165, 1.54) is 24.0 Å². The Morgan fingerprint density at radius 3 is 2.37 bits per heavy atom. The second-order valence-corrected chi connectivity index (χ2v) is 14.3. The molecule has 0 unspecified atom stereocenters. The zero-order chi connectivity index (χ0) is 37.5. The van der Waals surface area contributed by atoms with Crippen LogP contribution in [0.4, 0.5) is 11.4 Å². The Morgan fingerprint density at radius 2 is 1.63 bits per heavy atom. The van der Waals surface area contributed by atoms with Crippen LogP contribution in [0.15, 0.2) is 96.6 Å². The molecular formula is C46H57N3O5. The van der Waals surface area contributed by atoms with Crippen molar-refractivity contribution < 1.29 is 23.7 Å². The molecule has 286 valence electrons. The maximum atomic E-state index is 13.8. The van der Waals surface area contributed by atoms with E-state index in [9.17, 15) is 4.79 Å². The molecule has 4 aromatic rings. The molecule has 0 bridgehead atoms. The summed E-state index contributed by atoms with van der Waals surface area (Å²) in [6, 6.07) is 31.8. The van der Waals surface area contributed by atoms with Gasteiger partial charge in [-0.2, -0.15) is 0 Å². The van der Waals surface area contributed by atoms with Crippen LogP contribution in [0.1, 0.15) is 69.1 Å². The van der Waals surface area contributed by atoms with Crippen LogP contribution in [0.2, 0.25) is 0 Å². The minimum absolute atomic E-state index is 0.0741. The summed E-state index contributed by atoms with van der Waals surface area (Å²) in [5, 5.41) is 3.19. The van der Waals surface area contributed by atoms with Crippen LogP contribution in [-0.2, 0) is 27.4 Å². The highest BCUT2D eigenvalue weighted by atomic mass is 16.5.